The average molecular weight is 875 g/mol. The molecule has 0 fully saturated rings. The molecule has 0 aliphatic rings. The second kappa shape index (κ2) is 20.6. The number of hydrogen-bond donors (Lipinski definition) is 0. The Morgan fingerprint density at radius 2 is 0.953 bits per heavy atom. The van der Waals surface area contributed by atoms with Gasteiger partial charge in [0.05, 0.1) is 16.3 Å². The number of benzene rings is 6. The number of fused-ring (bicyclic) bond motifs is 3. The lowest BCUT2D eigenvalue weighted by Crippen LogP contribution is -2.01. The topological polar surface area (TPSA) is 25.8 Å². The molecular formula is C60H62N2S2. The van der Waals surface area contributed by atoms with Crippen LogP contribution in [0.25, 0.3) is 86.4 Å². The molecule has 0 aliphatic carbocycles. The monoisotopic (exact) mass is 874 g/mol. The number of hydrogen-bond acceptors (Lipinski definition) is 4. The zero-order valence-electron chi connectivity index (χ0n) is 38.3. The molecule has 0 amide bonds. The van der Waals surface area contributed by atoms with Gasteiger partial charge in [-0.05, 0) is 142 Å². The van der Waals surface area contributed by atoms with Crippen LogP contribution in [0.15, 0.2) is 133 Å². The molecule has 0 bridgehead atoms. The summed E-state index contributed by atoms with van der Waals surface area (Å²) in [6.45, 7) is 9.15. The lowest BCUT2D eigenvalue weighted by Gasteiger charge is -2.17. The molecule has 0 aliphatic heterocycles. The Morgan fingerprint density at radius 1 is 0.422 bits per heavy atom. The van der Waals surface area contributed by atoms with Gasteiger partial charge in [-0.1, -0.05) is 169 Å². The maximum absolute atomic E-state index is 5.68. The first-order valence-corrected chi connectivity index (χ1v) is 25.7. The van der Waals surface area contributed by atoms with Gasteiger partial charge in [0.25, 0.3) is 0 Å². The summed E-state index contributed by atoms with van der Waals surface area (Å²) in [7, 11) is 0. The Balaban J connectivity index is 1.23. The maximum Gasteiger partial charge on any atom is 0.160 e. The van der Waals surface area contributed by atoms with E-state index in [4.69, 9.17) is 9.97 Å². The first-order chi connectivity index (χ1) is 31.4. The number of unbranched alkanes of at least 4 members (excludes halogenated alkanes) is 10. The lowest BCUT2D eigenvalue weighted by molar-refractivity contribution is 0.605. The van der Waals surface area contributed by atoms with Gasteiger partial charge >= 0.3 is 0 Å². The van der Waals surface area contributed by atoms with Crippen molar-refractivity contribution in [3.8, 4) is 55.5 Å². The highest BCUT2D eigenvalue weighted by atomic mass is 32.1. The van der Waals surface area contributed by atoms with Gasteiger partial charge in [-0.15, -0.1) is 22.7 Å². The quantitative estimate of drug-likeness (QED) is 0.0757. The molecule has 9 aromatic rings. The van der Waals surface area contributed by atoms with Crippen LogP contribution in [0, 0.1) is 13.8 Å². The fourth-order valence-electron chi connectivity index (χ4n) is 9.66. The van der Waals surface area contributed by atoms with Crippen molar-refractivity contribution in [1.82, 2.24) is 9.97 Å². The van der Waals surface area contributed by atoms with Crippen LogP contribution in [0.2, 0.25) is 0 Å². The zero-order chi connectivity index (χ0) is 43.8. The van der Waals surface area contributed by atoms with Gasteiger partial charge in [-0.25, -0.2) is 9.97 Å². The molecule has 3 heterocycles. The Kier molecular flexibility index (Phi) is 14.1. The van der Waals surface area contributed by atoms with Gasteiger partial charge in [0, 0.05) is 25.4 Å². The number of aryl methyl sites for hydroxylation is 4. The van der Waals surface area contributed by atoms with Gasteiger partial charge < -0.3 is 0 Å². The van der Waals surface area contributed by atoms with E-state index >= 15 is 0 Å². The SMILES string of the molecule is CCCCCCCCc1cc(-c2cc(-c3cc4sc(C)cc4s3)nc(-c3cc(-c4cccc5ccccc45)cc(-c4cccc5ccccc45)c3)n2)c(CCCCCCCC)cc1C. The summed E-state index contributed by atoms with van der Waals surface area (Å²) in [6.07, 6.45) is 17.7. The molecule has 64 heavy (non-hydrogen) atoms. The van der Waals surface area contributed by atoms with Crippen LogP contribution in [0.5, 0.6) is 0 Å². The molecular weight excluding hydrogens is 813 g/mol. The molecule has 3 aromatic heterocycles. The minimum Gasteiger partial charge on any atom is -0.228 e. The van der Waals surface area contributed by atoms with E-state index in [1.807, 2.05) is 22.7 Å². The van der Waals surface area contributed by atoms with Crippen LogP contribution in [-0.4, -0.2) is 9.97 Å². The highest BCUT2D eigenvalue weighted by molar-refractivity contribution is 7.29. The fourth-order valence-corrected chi connectivity index (χ4v) is 11.9. The van der Waals surface area contributed by atoms with Crippen molar-refractivity contribution in [2.45, 2.75) is 118 Å². The summed E-state index contributed by atoms with van der Waals surface area (Å²) in [5.41, 5.74) is 13.4. The molecule has 2 nitrogen and oxygen atoms in total. The zero-order valence-corrected chi connectivity index (χ0v) is 39.9. The van der Waals surface area contributed by atoms with E-state index in [0.29, 0.717) is 0 Å². The highest BCUT2D eigenvalue weighted by Crippen LogP contribution is 2.42. The number of rotatable bonds is 19. The van der Waals surface area contributed by atoms with E-state index < -0.39 is 0 Å². The minimum absolute atomic E-state index is 0.771. The molecule has 0 saturated carbocycles. The third kappa shape index (κ3) is 9.94. The van der Waals surface area contributed by atoms with Gasteiger partial charge in [0.1, 0.15) is 0 Å². The van der Waals surface area contributed by atoms with Crippen molar-refractivity contribution in [1.29, 1.82) is 0 Å². The summed E-state index contributed by atoms with van der Waals surface area (Å²) in [5, 5.41) is 4.96. The van der Waals surface area contributed by atoms with E-state index in [2.05, 4.69) is 161 Å². The fraction of sp³-hybridized carbons (Fsp3) is 0.300. The maximum atomic E-state index is 5.68. The van der Waals surface area contributed by atoms with Crippen molar-refractivity contribution in [3.63, 3.8) is 0 Å². The summed E-state index contributed by atoms with van der Waals surface area (Å²) < 4.78 is 2.66. The third-order valence-electron chi connectivity index (χ3n) is 13.1. The molecule has 6 aromatic carbocycles. The molecule has 0 N–H and O–H groups in total. The molecule has 4 heteroatoms. The van der Waals surface area contributed by atoms with E-state index in [9.17, 15) is 0 Å². The Labute approximate surface area is 389 Å². The van der Waals surface area contributed by atoms with Crippen LogP contribution in [0.3, 0.4) is 0 Å². The van der Waals surface area contributed by atoms with Crippen LogP contribution >= 0.6 is 22.7 Å². The average Bonchev–Trinajstić information content (AvgIpc) is 3.89. The predicted octanol–water partition coefficient (Wildman–Crippen LogP) is 18.8. The Bertz CT molecular complexity index is 2880. The Morgan fingerprint density at radius 3 is 1.58 bits per heavy atom. The highest BCUT2D eigenvalue weighted by Gasteiger charge is 2.19. The number of nitrogens with zero attached hydrogens (tertiary/aromatic N) is 2. The summed E-state index contributed by atoms with van der Waals surface area (Å²) in [5.74, 6) is 0.771. The summed E-state index contributed by atoms with van der Waals surface area (Å²) in [6, 6.07) is 49.9. The number of aromatic nitrogens is 2. The van der Waals surface area contributed by atoms with E-state index in [1.165, 1.54) is 162 Å². The normalized spacial score (nSPS) is 11.7. The van der Waals surface area contributed by atoms with Gasteiger partial charge in [-0.3, -0.25) is 0 Å². The van der Waals surface area contributed by atoms with Gasteiger partial charge in [0.2, 0.25) is 0 Å². The largest absolute Gasteiger partial charge is 0.228 e. The lowest BCUT2D eigenvalue weighted by atomic mass is 9.90. The van der Waals surface area contributed by atoms with Crippen LogP contribution in [-0.2, 0) is 12.8 Å². The van der Waals surface area contributed by atoms with Crippen molar-refractivity contribution < 1.29 is 0 Å². The van der Waals surface area contributed by atoms with Crippen molar-refractivity contribution >= 4 is 53.6 Å². The smallest absolute Gasteiger partial charge is 0.160 e. The van der Waals surface area contributed by atoms with E-state index in [1.54, 1.807) is 0 Å². The molecule has 0 radical (unpaired) electrons. The molecule has 0 unspecified atom stereocenters. The van der Waals surface area contributed by atoms with E-state index in [-0.39, 0.29) is 0 Å². The summed E-state index contributed by atoms with van der Waals surface area (Å²) in [4.78, 5) is 13.8. The Hall–Kier alpha value is -5.42. The van der Waals surface area contributed by atoms with E-state index in [0.717, 1.165) is 35.6 Å². The van der Waals surface area contributed by atoms with Crippen LogP contribution in [0.1, 0.15) is 112 Å². The van der Waals surface area contributed by atoms with Gasteiger partial charge in [0.15, 0.2) is 5.82 Å². The second-order valence-corrected chi connectivity index (χ2v) is 20.4. The molecule has 9 rings (SSSR count). The van der Waals surface area contributed by atoms with Crippen LogP contribution < -0.4 is 0 Å². The summed E-state index contributed by atoms with van der Waals surface area (Å²) >= 11 is 3.73. The second-order valence-electron chi connectivity index (χ2n) is 18.0. The van der Waals surface area contributed by atoms with Crippen molar-refractivity contribution in [2.75, 3.05) is 0 Å². The molecule has 0 saturated heterocycles. The molecule has 0 spiro atoms. The minimum atomic E-state index is 0.771. The van der Waals surface area contributed by atoms with Crippen molar-refractivity contribution in [3.05, 3.63) is 155 Å². The molecule has 0 atom stereocenters. The molecule has 324 valence electrons. The predicted molar refractivity (Wildman–Crippen MR) is 281 cm³/mol. The van der Waals surface area contributed by atoms with Crippen LogP contribution in [0.4, 0.5) is 0 Å². The third-order valence-corrected chi connectivity index (χ3v) is 15.4. The van der Waals surface area contributed by atoms with Crippen molar-refractivity contribution in [2.24, 2.45) is 0 Å². The first-order valence-electron chi connectivity index (χ1n) is 24.1. The van der Waals surface area contributed by atoms with Gasteiger partial charge in [-0.2, -0.15) is 0 Å². The standard InChI is InChI=1S/C60H62N2S2/c1-5-7-9-11-13-15-25-45-38-54(46(33-41(45)3)26-16-14-12-10-8-6-2)55-39-56(57-40-59-58(64-57)34-42(4)63-59)62-60(61-55)49-36-47(52-31-21-27-43-23-17-19-29-50(43)52)35-48(37-49)53-32-22-28-44-24-18-20-30-51(44)53/h17-24,27-40H,5-16,25-26H2,1-4H3. The first kappa shape index (κ1) is 43.8. The number of thiophene rings is 2.